The van der Waals surface area contributed by atoms with Crippen LogP contribution in [0.5, 0.6) is 0 Å². The summed E-state index contributed by atoms with van der Waals surface area (Å²) < 4.78 is 11.2. The van der Waals surface area contributed by atoms with Crippen LogP contribution in [-0.2, 0) is 9.47 Å². The maximum Gasteiger partial charge on any atom is 0.109 e. The van der Waals surface area contributed by atoms with E-state index in [-0.39, 0.29) is 11.7 Å². The molecule has 1 N–H and O–H groups in total. The summed E-state index contributed by atoms with van der Waals surface area (Å²) in [6.07, 6.45) is 1.30. The lowest BCUT2D eigenvalue weighted by Crippen LogP contribution is -2.53. The second kappa shape index (κ2) is 2.73. The average Bonchev–Trinajstić information content (AvgIpc) is 2.36. The highest BCUT2D eigenvalue weighted by Gasteiger charge is 2.43. The van der Waals surface area contributed by atoms with E-state index in [1.807, 2.05) is 0 Å². The Morgan fingerprint density at radius 1 is 1.45 bits per heavy atom. The van der Waals surface area contributed by atoms with Gasteiger partial charge in [0.1, 0.15) is 5.60 Å². The third-order valence-corrected chi connectivity index (χ3v) is 2.73. The first-order valence-corrected chi connectivity index (χ1v) is 4.30. The number of hydrogen-bond donors (Lipinski definition) is 1. The molecule has 1 spiro atoms. The minimum absolute atomic E-state index is 0.00174. The van der Waals surface area contributed by atoms with Crippen LogP contribution in [0.15, 0.2) is 0 Å². The van der Waals surface area contributed by atoms with E-state index in [9.17, 15) is 0 Å². The van der Waals surface area contributed by atoms with E-state index in [0.29, 0.717) is 0 Å². The Morgan fingerprint density at radius 3 is 2.91 bits per heavy atom. The van der Waals surface area contributed by atoms with Gasteiger partial charge in [0.25, 0.3) is 0 Å². The first kappa shape index (κ1) is 7.53. The highest BCUT2D eigenvalue weighted by atomic mass is 16.6. The monoisotopic (exact) mass is 157 g/mol. The van der Waals surface area contributed by atoms with Crippen molar-refractivity contribution in [2.45, 2.75) is 25.0 Å². The molecule has 3 nitrogen and oxygen atoms in total. The predicted molar refractivity (Wildman–Crippen MR) is 41.6 cm³/mol. The van der Waals surface area contributed by atoms with Crippen LogP contribution in [0.4, 0.5) is 0 Å². The number of morpholine rings is 1. The Morgan fingerprint density at radius 2 is 2.36 bits per heavy atom. The van der Waals surface area contributed by atoms with Gasteiger partial charge in [0.05, 0.1) is 12.7 Å². The smallest absolute Gasteiger partial charge is 0.109 e. The van der Waals surface area contributed by atoms with E-state index >= 15 is 0 Å². The zero-order valence-electron chi connectivity index (χ0n) is 6.93. The summed E-state index contributed by atoms with van der Waals surface area (Å²) in [4.78, 5) is 0. The second-order valence-corrected chi connectivity index (χ2v) is 3.35. The van der Waals surface area contributed by atoms with Crippen molar-refractivity contribution >= 4 is 0 Å². The van der Waals surface area contributed by atoms with Crippen molar-refractivity contribution < 1.29 is 9.47 Å². The van der Waals surface area contributed by atoms with Gasteiger partial charge in [0.2, 0.25) is 0 Å². The lowest BCUT2D eigenvalue weighted by Gasteiger charge is -2.36. The molecule has 2 aliphatic heterocycles. The molecule has 2 fully saturated rings. The highest BCUT2D eigenvalue weighted by Crippen LogP contribution is 2.30. The quantitative estimate of drug-likeness (QED) is 0.543. The topological polar surface area (TPSA) is 30.5 Å². The van der Waals surface area contributed by atoms with Gasteiger partial charge in [-0.3, -0.25) is 0 Å². The summed E-state index contributed by atoms with van der Waals surface area (Å²) in [7, 11) is 0. The van der Waals surface area contributed by atoms with Crippen molar-refractivity contribution in [1.29, 1.82) is 0 Å². The van der Waals surface area contributed by atoms with Gasteiger partial charge < -0.3 is 14.8 Å². The Kier molecular flexibility index (Phi) is 1.87. The van der Waals surface area contributed by atoms with Crippen LogP contribution in [0, 0.1) is 0 Å². The van der Waals surface area contributed by atoms with E-state index < -0.39 is 0 Å². The standard InChI is InChI=1S/C8H15NO2/c1-7-8(2-4-10-7)6-9-3-5-11-8/h7,9H,2-6H2,1H3/t7-,8+/m0/s1. The molecule has 0 aliphatic carbocycles. The maximum absolute atomic E-state index is 5.75. The van der Waals surface area contributed by atoms with Gasteiger partial charge in [-0.1, -0.05) is 0 Å². The maximum atomic E-state index is 5.75. The van der Waals surface area contributed by atoms with Gasteiger partial charge in [-0.25, -0.2) is 0 Å². The van der Waals surface area contributed by atoms with Crippen molar-refractivity contribution in [2.75, 3.05) is 26.3 Å². The Hall–Kier alpha value is -0.120. The second-order valence-electron chi connectivity index (χ2n) is 3.35. The summed E-state index contributed by atoms with van der Waals surface area (Å²) in [5.41, 5.74) is -0.00174. The van der Waals surface area contributed by atoms with Crippen molar-refractivity contribution in [3.8, 4) is 0 Å². The van der Waals surface area contributed by atoms with Crippen molar-refractivity contribution in [3.63, 3.8) is 0 Å². The van der Waals surface area contributed by atoms with Crippen molar-refractivity contribution in [3.05, 3.63) is 0 Å². The Balaban J connectivity index is 2.06. The molecule has 0 unspecified atom stereocenters. The van der Waals surface area contributed by atoms with Gasteiger partial charge in [0, 0.05) is 26.1 Å². The molecule has 64 valence electrons. The van der Waals surface area contributed by atoms with Crippen LogP contribution in [-0.4, -0.2) is 38.0 Å². The summed E-state index contributed by atoms with van der Waals surface area (Å²) in [6, 6.07) is 0. The first-order chi connectivity index (χ1) is 5.33. The van der Waals surface area contributed by atoms with E-state index in [2.05, 4.69) is 12.2 Å². The number of rotatable bonds is 0. The van der Waals surface area contributed by atoms with Crippen molar-refractivity contribution in [1.82, 2.24) is 5.32 Å². The zero-order chi connectivity index (χ0) is 7.73. The lowest BCUT2D eigenvalue weighted by molar-refractivity contribution is -0.0999. The Bertz CT molecular complexity index is 143. The molecule has 0 aromatic heterocycles. The van der Waals surface area contributed by atoms with Gasteiger partial charge in [-0.05, 0) is 6.92 Å². The van der Waals surface area contributed by atoms with Crippen LogP contribution >= 0.6 is 0 Å². The summed E-state index contributed by atoms with van der Waals surface area (Å²) >= 11 is 0. The molecular weight excluding hydrogens is 142 g/mol. The fourth-order valence-corrected chi connectivity index (χ4v) is 1.86. The molecule has 2 rings (SSSR count). The third kappa shape index (κ3) is 1.17. The van der Waals surface area contributed by atoms with Gasteiger partial charge >= 0.3 is 0 Å². The lowest BCUT2D eigenvalue weighted by atomic mass is 9.95. The molecular formula is C8H15NO2. The van der Waals surface area contributed by atoms with E-state index in [0.717, 1.165) is 32.7 Å². The molecule has 3 heteroatoms. The van der Waals surface area contributed by atoms with Crippen LogP contribution in [0.1, 0.15) is 13.3 Å². The molecule has 2 aliphatic rings. The summed E-state index contributed by atoms with van der Waals surface area (Å²) in [5, 5.41) is 3.34. The Labute approximate surface area is 67.1 Å². The molecule has 0 aromatic rings. The molecule has 0 saturated carbocycles. The van der Waals surface area contributed by atoms with E-state index in [4.69, 9.17) is 9.47 Å². The van der Waals surface area contributed by atoms with Crippen molar-refractivity contribution in [2.24, 2.45) is 0 Å². The molecule has 0 aromatic carbocycles. The summed E-state index contributed by atoms with van der Waals surface area (Å²) in [6.45, 7) is 5.71. The van der Waals surface area contributed by atoms with E-state index in [1.54, 1.807) is 0 Å². The number of ether oxygens (including phenoxy) is 2. The van der Waals surface area contributed by atoms with Crippen LogP contribution < -0.4 is 5.32 Å². The van der Waals surface area contributed by atoms with Crippen LogP contribution in [0.2, 0.25) is 0 Å². The van der Waals surface area contributed by atoms with Gasteiger partial charge in [-0.15, -0.1) is 0 Å². The minimum Gasteiger partial charge on any atom is -0.375 e. The zero-order valence-corrected chi connectivity index (χ0v) is 6.93. The minimum atomic E-state index is -0.00174. The average molecular weight is 157 g/mol. The fourth-order valence-electron chi connectivity index (χ4n) is 1.86. The third-order valence-electron chi connectivity index (χ3n) is 2.73. The molecule has 2 atom stereocenters. The molecule has 11 heavy (non-hydrogen) atoms. The number of nitrogens with one attached hydrogen (secondary N) is 1. The molecule has 0 bridgehead atoms. The molecule has 2 heterocycles. The van der Waals surface area contributed by atoms with E-state index in [1.165, 1.54) is 0 Å². The molecule has 2 saturated heterocycles. The number of hydrogen-bond acceptors (Lipinski definition) is 3. The van der Waals surface area contributed by atoms with Crippen LogP contribution in [0.3, 0.4) is 0 Å². The van der Waals surface area contributed by atoms with Crippen LogP contribution in [0.25, 0.3) is 0 Å². The molecule has 0 amide bonds. The fraction of sp³-hybridized carbons (Fsp3) is 1.00. The summed E-state index contributed by atoms with van der Waals surface area (Å²) in [5.74, 6) is 0. The van der Waals surface area contributed by atoms with Gasteiger partial charge in [0.15, 0.2) is 0 Å². The predicted octanol–water partition coefficient (Wildman–Crippen LogP) is 0.154. The molecule has 0 radical (unpaired) electrons. The SMILES string of the molecule is C[C@@H]1OCC[C@@]12CNCCO2. The normalized spacial score (nSPS) is 45.0. The van der Waals surface area contributed by atoms with Gasteiger partial charge in [-0.2, -0.15) is 0 Å². The highest BCUT2D eigenvalue weighted by molar-refractivity contribution is 4.95. The first-order valence-electron chi connectivity index (χ1n) is 4.30. The largest absolute Gasteiger partial charge is 0.375 e.